The first-order valence-electron chi connectivity index (χ1n) is 6.52. The second-order valence-electron chi connectivity index (χ2n) is 4.88. The first-order chi connectivity index (χ1) is 9.43. The molecule has 0 heterocycles. The van der Waals surface area contributed by atoms with Crippen LogP contribution in [0.5, 0.6) is 0 Å². The Morgan fingerprint density at radius 3 is 2.21 bits per heavy atom. The summed E-state index contributed by atoms with van der Waals surface area (Å²) in [7, 11) is 0. The molecule has 1 aliphatic carbocycles. The molecule has 4 rings (SSSR count). The van der Waals surface area contributed by atoms with Gasteiger partial charge in [0.1, 0.15) is 0 Å². The summed E-state index contributed by atoms with van der Waals surface area (Å²) in [5.74, 6) is 0. The fraction of sp³-hybridized carbons (Fsp3) is 0.0526. The molecular weight excluding hydrogens is 228 g/mol. The molecule has 3 aromatic carbocycles. The van der Waals surface area contributed by atoms with Crippen LogP contribution in [0.15, 0.2) is 60.7 Å². The van der Waals surface area contributed by atoms with Crippen molar-refractivity contribution in [2.75, 3.05) is 0 Å². The van der Waals surface area contributed by atoms with E-state index >= 15 is 0 Å². The number of hydrogen-bond donors (Lipinski definition) is 0. The van der Waals surface area contributed by atoms with E-state index in [-0.39, 0.29) is 0 Å². The van der Waals surface area contributed by atoms with Gasteiger partial charge in [0.2, 0.25) is 0 Å². The van der Waals surface area contributed by atoms with Gasteiger partial charge in [-0.25, -0.2) is 0 Å². The molecule has 0 fully saturated rings. The Balaban J connectivity index is 2.13. The van der Waals surface area contributed by atoms with E-state index in [9.17, 15) is 0 Å². The van der Waals surface area contributed by atoms with Crippen molar-refractivity contribution < 1.29 is 0 Å². The molecule has 0 saturated heterocycles. The van der Waals surface area contributed by atoms with E-state index in [2.05, 4.69) is 66.7 Å². The number of hydrogen-bond acceptors (Lipinski definition) is 0. The predicted molar refractivity (Wildman–Crippen MR) is 77.8 cm³/mol. The first kappa shape index (κ1) is 10.4. The molecule has 0 radical (unpaired) electrons. The van der Waals surface area contributed by atoms with Gasteiger partial charge < -0.3 is 0 Å². The van der Waals surface area contributed by atoms with Crippen LogP contribution in [0, 0.1) is 12.1 Å². The summed E-state index contributed by atoms with van der Waals surface area (Å²) < 4.78 is 0. The quantitative estimate of drug-likeness (QED) is 0.424. The molecule has 0 heteroatoms. The van der Waals surface area contributed by atoms with Crippen molar-refractivity contribution in [1.29, 1.82) is 0 Å². The van der Waals surface area contributed by atoms with Crippen LogP contribution < -0.4 is 0 Å². The lowest BCUT2D eigenvalue weighted by atomic mass is 9.96. The van der Waals surface area contributed by atoms with Crippen molar-refractivity contribution in [2.45, 2.75) is 6.42 Å². The van der Waals surface area contributed by atoms with Gasteiger partial charge in [0, 0.05) is 5.56 Å². The summed E-state index contributed by atoms with van der Waals surface area (Å²) >= 11 is 0. The average Bonchev–Trinajstić information content (AvgIpc) is 2.62. The topological polar surface area (TPSA) is 0 Å². The maximum Gasteiger partial charge on any atom is 0.0402 e. The van der Waals surface area contributed by atoms with Gasteiger partial charge in [-0.05, 0) is 46.4 Å². The molecule has 0 aliphatic heterocycles. The lowest BCUT2D eigenvalue weighted by Crippen LogP contribution is -1.89. The largest absolute Gasteiger partial charge is 0.0695 e. The summed E-state index contributed by atoms with van der Waals surface area (Å²) in [5.41, 5.74) is 7.78. The normalized spacial score (nSPS) is 11.6. The molecule has 0 bridgehead atoms. The van der Waals surface area contributed by atoms with Gasteiger partial charge in [0.05, 0.1) is 0 Å². The lowest BCUT2D eigenvalue weighted by Gasteiger charge is -2.06. The van der Waals surface area contributed by atoms with E-state index in [0.717, 1.165) is 6.42 Å². The highest BCUT2D eigenvalue weighted by molar-refractivity contribution is 5.87. The summed E-state index contributed by atoms with van der Waals surface area (Å²) in [6.07, 6.45) is 0.981. The van der Waals surface area contributed by atoms with Gasteiger partial charge in [0.25, 0.3) is 0 Å². The maximum atomic E-state index is 3.30. The number of benzene rings is 2. The van der Waals surface area contributed by atoms with Crippen molar-refractivity contribution in [1.82, 2.24) is 0 Å². The first-order valence-corrected chi connectivity index (χ1v) is 6.52. The molecule has 0 nitrogen and oxygen atoms in total. The average molecular weight is 240 g/mol. The van der Waals surface area contributed by atoms with E-state index in [1.54, 1.807) is 0 Å². The zero-order chi connectivity index (χ0) is 12.7. The van der Waals surface area contributed by atoms with Crippen LogP contribution in [0.25, 0.3) is 22.3 Å². The molecule has 0 saturated carbocycles. The molecule has 0 aromatic heterocycles. The van der Waals surface area contributed by atoms with E-state index in [4.69, 9.17) is 0 Å². The molecule has 0 N–H and O–H groups in total. The van der Waals surface area contributed by atoms with Gasteiger partial charge >= 0.3 is 0 Å². The molecular formula is C19H12. The molecule has 3 aromatic rings. The van der Waals surface area contributed by atoms with Crippen LogP contribution in [-0.4, -0.2) is 0 Å². The maximum absolute atomic E-state index is 3.30. The molecule has 0 spiro atoms. The highest BCUT2D eigenvalue weighted by atomic mass is 14.2. The van der Waals surface area contributed by atoms with Crippen LogP contribution in [-0.2, 0) is 6.42 Å². The number of fused-ring (bicyclic) bond motifs is 5. The SMILES string of the molecule is c1ccc2c(c#1)-c1ccccc1Cc1ccccc1-2. The molecule has 88 valence electrons. The van der Waals surface area contributed by atoms with Crippen molar-refractivity contribution in [2.24, 2.45) is 0 Å². The molecule has 0 atom stereocenters. The van der Waals surface area contributed by atoms with Gasteiger partial charge in [-0.2, -0.15) is 0 Å². The fourth-order valence-electron chi connectivity index (χ4n) is 2.89. The van der Waals surface area contributed by atoms with Crippen molar-refractivity contribution in [3.8, 4) is 22.3 Å². The minimum absolute atomic E-state index is 0.981. The second kappa shape index (κ2) is 4.00. The third kappa shape index (κ3) is 1.56. The van der Waals surface area contributed by atoms with Gasteiger partial charge in [0.15, 0.2) is 0 Å². The zero-order valence-corrected chi connectivity index (χ0v) is 10.5. The molecule has 0 unspecified atom stereocenters. The zero-order valence-electron chi connectivity index (χ0n) is 10.5. The van der Waals surface area contributed by atoms with Gasteiger partial charge in [-0.3, -0.25) is 0 Å². The summed E-state index contributed by atoms with van der Waals surface area (Å²) in [5, 5.41) is 0. The van der Waals surface area contributed by atoms with E-state index < -0.39 is 0 Å². The fourth-order valence-corrected chi connectivity index (χ4v) is 2.89. The summed E-state index contributed by atoms with van der Waals surface area (Å²) in [6, 6.07) is 27.7. The predicted octanol–water partition coefficient (Wildman–Crippen LogP) is 4.53. The Kier molecular flexibility index (Phi) is 2.19. The van der Waals surface area contributed by atoms with Crippen molar-refractivity contribution >= 4 is 0 Å². The Bertz CT molecular complexity index is 689. The third-order valence-electron chi connectivity index (χ3n) is 3.77. The van der Waals surface area contributed by atoms with Crippen LogP contribution >= 0.6 is 0 Å². The van der Waals surface area contributed by atoms with E-state index in [1.165, 1.54) is 33.4 Å². The molecule has 1 aliphatic rings. The third-order valence-corrected chi connectivity index (χ3v) is 3.77. The second-order valence-corrected chi connectivity index (χ2v) is 4.88. The van der Waals surface area contributed by atoms with Crippen molar-refractivity contribution in [3.05, 3.63) is 83.9 Å². The minimum atomic E-state index is 0.981. The van der Waals surface area contributed by atoms with Crippen LogP contribution in [0.4, 0.5) is 0 Å². The highest BCUT2D eigenvalue weighted by Crippen LogP contribution is 2.38. The van der Waals surface area contributed by atoms with Crippen LogP contribution in [0.1, 0.15) is 11.1 Å². The lowest BCUT2D eigenvalue weighted by molar-refractivity contribution is 1.21. The van der Waals surface area contributed by atoms with Gasteiger partial charge in [-0.1, -0.05) is 60.7 Å². The molecule has 19 heavy (non-hydrogen) atoms. The highest BCUT2D eigenvalue weighted by Gasteiger charge is 2.17. The van der Waals surface area contributed by atoms with E-state index in [1.807, 2.05) is 6.07 Å². The van der Waals surface area contributed by atoms with Crippen LogP contribution in [0.3, 0.4) is 0 Å². The summed E-state index contributed by atoms with van der Waals surface area (Å²) in [6.45, 7) is 0. The van der Waals surface area contributed by atoms with Crippen molar-refractivity contribution in [3.63, 3.8) is 0 Å². The Labute approximate surface area is 113 Å². The van der Waals surface area contributed by atoms with E-state index in [0.29, 0.717) is 0 Å². The smallest absolute Gasteiger partial charge is 0.0402 e. The Morgan fingerprint density at radius 2 is 1.37 bits per heavy atom. The monoisotopic (exact) mass is 240 g/mol. The molecule has 0 amide bonds. The Hall–Kier alpha value is -2.52. The van der Waals surface area contributed by atoms with Crippen LogP contribution in [0.2, 0.25) is 0 Å². The van der Waals surface area contributed by atoms with Gasteiger partial charge in [-0.15, -0.1) is 0 Å². The summed E-state index contributed by atoms with van der Waals surface area (Å²) in [4.78, 5) is 0. The number of rotatable bonds is 0. The standard InChI is InChI=1S/C19H12/c1-3-9-16-14(7-1)13-15-8-2-4-10-17(15)19-12-6-5-11-18(16)19/h1-5,7-11H,13H2. The Morgan fingerprint density at radius 1 is 0.684 bits per heavy atom. The minimum Gasteiger partial charge on any atom is -0.0695 e.